The van der Waals surface area contributed by atoms with Crippen LogP contribution in [0.15, 0.2) is 30.7 Å². The first-order valence-electron chi connectivity index (χ1n) is 10.2. The van der Waals surface area contributed by atoms with Gasteiger partial charge in [0.1, 0.15) is 11.8 Å². The average molecular weight is 394 g/mol. The minimum atomic E-state index is -0.0874. The van der Waals surface area contributed by atoms with E-state index in [1.807, 2.05) is 39.9 Å². The predicted octanol–water partition coefficient (Wildman–Crippen LogP) is 1.73. The summed E-state index contributed by atoms with van der Waals surface area (Å²) in [6.07, 6.45) is 7.96. The molecule has 1 saturated carbocycles. The van der Waals surface area contributed by atoms with E-state index in [4.69, 9.17) is 5.26 Å². The maximum atomic E-state index is 12.9. The summed E-state index contributed by atoms with van der Waals surface area (Å²) in [4.78, 5) is 32.2. The quantitative estimate of drug-likeness (QED) is 0.807. The molecule has 0 bridgehead atoms. The highest BCUT2D eigenvalue weighted by atomic mass is 16.2. The zero-order valence-corrected chi connectivity index (χ0v) is 16.6. The lowest BCUT2D eigenvalue weighted by atomic mass is 9.61. The van der Waals surface area contributed by atoms with Crippen LogP contribution in [0.25, 0.3) is 0 Å². The molecule has 3 heterocycles. The number of fused-ring (bicyclic) bond motifs is 1. The maximum absolute atomic E-state index is 12.9. The molecule has 2 aromatic rings. The van der Waals surface area contributed by atoms with Crippen molar-refractivity contribution < 1.29 is 9.59 Å². The fraction of sp³-hybridized carbons (Fsp3) is 0.524. The number of aryl methyl sites for hydroxylation is 1. The molecule has 0 unspecified atom stereocenters. The van der Waals surface area contributed by atoms with Gasteiger partial charge in [-0.25, -0.2) is 0 Å². The summed E-state index contributed by atoms with van der Waals surface area (Å²) < 4.78 is 1.88. The van der Waals surface area contributed by atoms with E-state index in [0.717, 1.165) is 25.8 Å². The van der Waals surface area contributed by atoms with Gasteiger partial charge in [0.15, 0.2) is 0 Å². The highest BCUT2D eigenvalue weighted by Gasteiger charge is 2.49. The Labute approximate surface area is 170 Å². The Morgan fingerprint density at radius 3 is 3.03 bits per heavy atom. The molecule has 8 nitrogen and oxygen atoms in total. The van der Waals surface area contributed by atoms with Crippen LogP contribution in [-0.2, 0) is 11.3 Å². The van der Waals surface area contributed by atoms with E-state index in [9.17, 15) is 9.59 Å². The number of carbonyl (C=O) groups is 2. The number of H-pyrrole nitrogens is 1. The van der Waals surface area contributed by atoms with Gasteiger partial charge in [0.05, 0.1) is 5.56 Å². The lowest BCUT2D eigenvalue weighted by molar-refractivity contribution is -0.146. The maximum Gasteiger partial charge on any atom is 0.270 e. The number of aromatic nitrogens is 3. The van der Waals surface area contributed by atoms with Gasteiger partial charge in [0.2, 0.25) is 5.91 Å². The van der Waals surface area contributed by atoms with E-state index in [0.29, 0.717) is 36.8 Å². The molecular formula is C21H26N6O2. The van der Waals surface area contributed by atoms with Crippen molar-refractivity contribution in [2.45, 2.75) is 25.8 Å². The summed E-state index contributed by atoms with van der Waals surface area (Å²) >= 11 is 0. The van der Waals surface area contributed by atoms with Gasteiger partial charge in [-0.1, -0.05) is 0 Å². The Bertz CT molecular complexity index is 912. The molecule has 2 amide bonds. The molecule has 0 radical (unpaired) electrons. The monoisotopic (exact) mass is 394 g/mol. The summed E-state index contributed by atoms with van der Waals surface area (Å²) in [6.45, 7) is 2.82. The largest absolute Gasteiger partial charge is 0.356 e. The predicted molar refractivity (Wildman–Crippen MR) is 106 cm³/mol. The zero-order valence-electron chi connectivity index (χ0n) is 16.6. The van der Waals surface area contributed by atoms with E-state index in [-0.39, 0.29) is 23.7 Å². The molecule has 2 aromatic heterocycles. The Kier molecular flexibility index (Phi) is 5.38. The smallest absolute Gasteiger partial charge is 0.270 e. The van der Waals surface area contributed by atoms with Crippen LogP contribution in [0.4, 0.5) is 0 Å². The molecule has 1 aliphatic heterocycles. The molecule has 1 aliphatic carbocycles. The second-order valence-corrected chi connectivity index (χ2v) is 8.10. The number of rotatable bonds is 6. The zero-order chi connectivity index (χ0) is 20.4. The number of piperidine rings is 1. The van der Waals surface area contributed by atoms with Crippen molar-refractivity contribution in [3.05, 3.63) is 42.0 Å². The Hall–Kier alpha value is -3.08. The van der Waals surface area contributed by atoms with Gasteiger partial charge in [0, 0.05) is 57.7 Å². The summed E-state index contributed by atoms with van der Waals surface area (Å²) in [6, 6.07) is 5.52. The fourth-order valence-corrected chi connectivity index (χ4v) is 4.60. The third-order valence-electron chi connectivity index (χ3n) is 6.34. The molecular weight excluding hydrogens is 368 g/mol. The number of nitrogens with one attached hydrogen (secondary N) is 1. The van der Waals surface area contributed by atoms with Crippen LogP contribution in [0.3, 0.4) is 0 Å². The molecule has 0 aromatic carbocycles. The summed E-state index contributed by atoms with van der Waals surface area (Å²) in [7, 11) is 1.87. The Morgan fingerprint density at radius 2 is 2.31 bits per heavy atom. The lowest BCUT2D eigenvalue weighted by Gasteiger charge is -2.50. The first kappa shape index (κ1) is 19.2. The van der Waals surface area contributed by atoms with Crippen molar-refractivity contribution >= 4 is 11.8 Å². The van der Waals surface area contributed by atoms with Crippen LogP contribution in [0.1, 0.15) is 35.3 Å². The number of aromatic amines is 1. The first-order valence-corrected chi connectivity index (χ1v) is 10.2. The molecule has 1 saturated heterocycles. The average Bonchev–Trinajstić information content (AvgIpc) is 3.40. The van der Waals surface area contributed by atoms with E-state index in [1.54, 1.807) is 18.5 Å². The van der Waals surface area contributed by atoms with E-state index >= 15 is 0 Å². The molecule has 0 spiro atoms. The Morgan fingerprint density at radius 1 is 1.45 bits per heavy atom. The molecule has 8 heteroatoms. The molecule has 152 valence electrons. The van der Waals surface area contributed by atoms with Crippen LogP contribution in [0, 0.1) is 29.1 Å². The molecule has 1 N–H and O–H groups in total. The number of carbonyl (C=O) groups excluding carboxylic acids is 2. The summed E-state index contributed by atoms with van der Waals surface area (Å²) in [5.74, 6) is 0.870. The highest BCUT2D eigenvalue weighted by Crippen LogP contribution is 2.46. The number of hydrogen-bond donors (Lipinski definition) is 1. The second kappa shape index (κ2) is 8.11. The lowest BCUT2D eigenvalue weighted by Crippen LogP contribution is -2.56. The van der Waals surface area contributed by atoms with Crippen LogP contribution in [-0.4, -0.2) is 63.1 Å². The standard InChI is InChI=1S/C21H26N6O2/c1-25(6-3-8-27-7-2-5-24-27)20(28)17-11-16-4-9-26(14-18(16)17)21(29)19-10-15(12-22)13-23-19/h2,5,7,10,13,16-18,23H,3-4,6,8-9,11,14H2,1H3/t16-,17-,18-/m1/s1. The van der Waals surface area contributed by atoms with Crippen LogP contribution < -0.4 is 0 Å². The van der Waals surface area contributed by atoms with Crippen LogP contribution >= 0.6 is 0 Å². The van der Waals surface area contributed by atoms with Gasteiger partial charge in [-0.15, -0.1) is 0 Å². The van der Waals surface area contributed by atoms with Crippen molar-refractivity contribution in [2.24, 2.45) is 17.8 Å². The molecule has 29 heavy (non-hydrogen) atoms. The Balaban J connectivity index is 1.30. The van der Waals surface area contributed by atoms with Gasteiger partial charge in [-0.2, -0.15) is 10.4 Å². The van der Waals surface area contributed by atoms with Gasteiger partial charge in [0.25, 0.3) is 5.91 Å². The van der Waals surface area contributed by atoms with Crippen molar-refractivity contribution in [1.29, 1.82) is 5.26 Å². The number of nitrogens with zero attached hydrogens (tertiary/aromatic N) is 5. The minimum Gasteiger partial charge on any atom is -0.356 e. The number of amides is 2. The number of nitriles is 1. The molecule has 3 atom stereocenters. The molecule has 2 fully saturated rings. The van der Waals surface area contributed by atoms with Crippen molar-refractivity contribution in [3.8, 4) is 6.07 Å². The van der Waals surface area contributed by atoms with Crippen LogP contribution in [0.2, 0.25) is 0 Å². The third kappa shape index (κ3) is 3.90. The van der Waals surface area contributed by atoms with Gasteiger partial charge in [-0.05, 0) is 43.2 Å². The SMILES string of the molecule is CN(CCCn1cccn1)C(=O)[C@@H]1C[C@H]2CCN(C(=O)c3cc(C#N)c[nH]3)C[C@H]21. The van der Waals surface area contributed by atoms with Gasteiger partial charge >= 0.3 is 0 Å². The van der Waals surface area contributed by atoms with E-state index < -0.39 is 0 Å². The molecule has 2 aliphatic rings. The van der Waals surface area contributed by atoms with Crippen molar-refractivity contribution in [1.82, 2.24) is 24.6 Å². The minimum absolute atomic E-state index is 0.00335. The number of likely N-dealkylation sites (tertiary alicyclic amines) is 1. The summed E-state index contributed by atoms with van der Waals surface area (Å²) in [5, 5.41) is 13.1. The first-order chi connectivity index (χ1) is 14.1. The number of hydrogen-bond acceptors (Lipinski definition) is 4. The van der Waals surface area contributed by atoms with E-state index in [1.165, 1.54) is 0 Å². The van der Waals surface area contributed by atoms with Crippen LogP contribution in [0.5, 0.6) is 0 Å². The van der Waals surface area contributed by atoms with E-state index in [2.05, 4.69) is 10.1 Å². The summed E-state index contributed by atoms with van der Waals surface area (Å²) in [5.41, 5.74) is 0.898. The van der Waals surface area contributed by atoms with Gasteiger partial charge < -0.3 is 14.8 Å². The highest BCUT2D eigenvalue weighted by molar-refractivity contribution is 5.93. The molecule has 4 rings (SSSR count). The normalized spacial score (nSPS) is 23.0. The fourth-order valence-electron chi connectivity index (χ4n) is 4.60. The van der Waals surface area contributed by atoms with Crippen molar-refractivity contribution in [3.63, 3.8) is 0 Å². The second-order valence-electron chi connectivity index (χ2n) is 8.10. The topological polar surface area (TPSA) is 98.0 Å². The van der Waals surface area contributed by atoms with Gasteiger partial charge in [-0.3, -0.25) is 14.3 Å². The van der Waals surface area contributed by atoms with Crippen molar-refractivity contribution in [2.75, 3.05) is 26.7 Å². The third-order valence-corrected chi connectivity index (χ3v) is 6.34.